The molecule has 0 radical (unpaired) electrons. The second-order valence-electron chi connectivity index (χ2n) is 5.68. The first-order valence-electron chi connectivity index (χ1n) is 7.63. The molecular weight excluding hydrogens is 284 g/mol. The van der Waals surface area contributed by atoms with Crippen molar-refractivity contribution in [3.05, 3.63) is 51.9 Å². The van der Waals surface area contributed by atoms with Gasteiger partial charge in [-0.2, -0.15) is 0 Å². The minimum absolute atomic E-state index is 0.405. The van der Waals surface area contributed by atoms with E-state index < -0.39 is 0 Å². The first kappa shape index (κ1) is 14.6. The third kappa shape index (κ3) is 2.85. The Morgan fingerprint density at radius 1 is 1.38 bits per heavy atom. The van der Waals surface area contributed by atoms with E-state index in [-0.39, 0.29) is 0 Å². The Bertz CT molecular complexity index is 623. The summed E-state index contributed by atoms with van der Waals surface area (Å²) in [7, 11) is 0. The van der Waals surface area contributed by atoms with Crippen LogP contribution in [0.1, 0.15) is 48.4 Å². The van der Waals surface area contributed by atoms with Crippen LogP contribution in [0.2, 0.25) is 5.02 Å². The molecule has 112 valence electrons. The summed E-state index contributed by atoms with van der Waals surface area (Å²) in [4.78, 5) is 2.50. The predicted molar refractivity (Wildman–Crippen MR) is 84.5 cm³/mol. The molecule has 4 heteroatoms. The molecule has 0 aliphatic carbocycles. The van der Waals surface area contributed by atoms with Crippen molar-refractivity contribution in [3.63, 3.8) is 0 Å². The molecule has 0 amide bonds. The maximum atomic E-state index is 6.31. The van der Waals surface area contributed by atoms with Crippen LogP contribution in [0.25, 0.3) is 0 Å². The van der Waals surface area contributed by atoms with E-state index in [0.717, 1.165) is 36.0 Å². The van der Waals surface area contributed by atoms with Crippen molar-refractivity contribution in [1.82, 2.24) is 10.1 Å². The Hall–Kier alpha value is -1.32. The van der Waals surface area contributed by atoms with Gasteiger partial charge < -0.3 is 4.52 Å². The van der Waals surface area contributed by atoms with Crippen molar-refractivity contribution in [1.29, 1.82) is 0 Å². The molecule has 1 fully saturated rings. The Labute approximate surface area is 130 Å². The van der Waals surface area contributed by atoms with Crippen LogP contribution in [-0.4, -0.2) is 16.6 Å². The van der Waals surface area contributed by atoms with Crippen LogP contribution in [0.4, 0.5) is 0 Å². The third-order valence-electron chi connectivity index (χ3n) is 4.33. The molecule has 1 saturated heterocycles. The van der Waals surface area contributed by atoms with Crippen molar-refractivity contribution < 1.29 is 4.52 Å². The van der Waals surface area contributed by atoms with E-state index in [0.29, 0.717) is 6.04 Å². The van der Waals surface area contributed by atoms with Gasteiger partial charge in [0.25, 0.3) is 0 Å². The zero-order valence-corrected chi connectivity index (χ0v) is 13.4. The Kier molecular flexibility index (Phi) is 4.32. The summed E-state index contributed by atoms with van der Waals surface area (Å²) in [6.45, 7) is 6.16. The zero-order valence-electron chi connectivity index (χ0n) is 12.6. The van der Waals surface area contributed by atoms with Crippen molar-refractivity contribution in [2.24, 2.45) is 0 Å². The minimum atomic E-state index is 0.405. The van der Waals surface area contributed by atoms with E-state index in [2.05, 4.69) is 29.1 Å². The number of aryl methyl sites for hydroxylation is 2. The van der Waals surface area contributed by atoms with Gasteiger partial charge in [-0.15, -0.1) is 0 Å². The van der Waals surface area contributed by atoms with Gasteiger partial charge in [0, 0.05) is 29.6 Å². The molecule has 1 aromatic heterocycles. The van der Waals surface area contributed by atoms with Gasteiger partial charge in [0.1, 0.15) is 5.76 Å². The van der Waals surface area contributed by atoms with Gasteiger partial charge in [-0.3, -0.25) is 4.90 Å². The Balaban J connectivity index is 1.86. The monoisotopic (exact) mass is 304 g/mol. The standard InChI is InChI=1S/C17H21ClN2O/c1-3-16-17(12(2)19-21-16)15-9-6-10-20(15)11-13-7-4-5-8-14(13)18/h4-5,7-8,15H,3,6,9-11H2,1-2H3/t15-/m1/s1. The van der Waals surface area contributed by atoms with Gasteiger partial charge in [0.15, 0.2) is 0 Å². The van der Waals surface area contributed by atoms with Crippen molar-refractivity contribution >= 4 is 11.6 Å². The number of nitrogens with zero attached hydrogens (tertiary/aromatic N) is 2. The number of hydrogen-bond donors (Lipinski definition) is 0. The molecule has 0 unspecified atom stereocenters. The molecule has 3 nitrogen and oxygen atoms in total. The maximum Gasteiger partial charge on any atom is 0.141 e. The van der Waals surface area contributed by atoms with Crippen molar-refractivity contribution in [3.8, 4) is 0 Å². The number of aromatic nitrogens is 1. The number of likely N-dealkylation sites (tertiary alicyclic amines) is 1. The van der Waals surface area contributed by atoms with Gasteiger partial charge in [0.05, 0.1) is 5.69 Å². The first-order valence-corrected chi connectivity index (χ1v) is 8.01. The lowest BCUT2D eigenvalue weighted by molar-refractivity contribution is 0.245. The normalized spacial score (nSPS) is 19.3. The average molecular weight is 305 g/mol. The molecule has 3 rings (SSSR count). The van der Waals surface area contributed by atoms with Crippen LogP contribution in [0.15, 0.2) is 28.8 Å². The lowest BCUT2D eigenvalue weighted by Gasteiger charge is -2.25. The fraction of sp³-hybridized carbons (Fsp3) is 0.471. The van der Waals surface area contributed by atoms with E-state index in [1.165, 1.54) is 24.0 Å². The fourth-order valence-electron chi connectivity index (χ4n) is 3.29. The van der Waals surface area contributed by atoms with Gasteiger partial charge >= 0.3 is 0 Å². The first-order chi connectivity index (χ1) is 10.2. The number of benzene rings is 1. The van der Waals surface area contributed by atoms with Crippen molar-refractivity contribution in [2.75, 3.05) is 6.54 Å². The average Bonchev–Trinajstić information content (AvgIpc) is 3.07. The van der Waals surface area contributed by atoms with Crippen LogP contribution in [0, 0.1) is 6.92 Å². The topological polar surface area (TPSA) is 29.3 Å². The molecule has 1 atom stereocenters. The lowest BCUT2D eigenvalue weighted by atomic mass is 10.0. The van der Waals surface area contributed by atoms with E-state index in [4.69, 9.17) is 16.1 Å². The number of rotatable bonds is 4. The SMILES string of the molecule is CCc1onc(C)c1[C@H]1CCCN1Cc1ccccc1Cl. The number of hydrogen-bond acceptors (Lipinski definition) is 3. The van der Waals surface area contributed by atoms with Crippen molar-refractivity contribution in [2.45, 2.75) is 45.7 Å². The molecule has 1 aliphatic rings. The van der Waals surface area contributed by atoms with Gasteiger partial charge in [0.2, 0.25) is 0 Å². The van der Waals surface area contributed by atoms with E-state index in [1.807, 2.05) is 19.1 Å². The number of halogens is 1. The van der Waals surface area contributed by atoms with Crippen LogP contribution in [0.5, 0.6) is 0 Å². The highest BCUT2D eigenvalue weighted by Crippen LogP contribution is 2.37. The zero-order chi connectivity index (χ0) is 14.8. The summed E-state index contributed by atoms with van der Waals surface area (Å²) in [6, 6.07) is 8.51. The molecule has 0 N–H and O–H groups in total. The molecule has 0 spiro atoms. The van der Waals surface area contributed by atoms with Gasteiger partial charge in [-0.1, -0.05) is 41.9 Å². The van der Waals surface area contributed by atoms with E-state index in [1.54, 1.807) is 0 Å². The van der Waals surface area contributed by atoms with Crippen LogP contribution >= 0.6 is 11.6 Å². The van der Waals surface area contributed by atoms with Crippen LogP contribution < -0.4 is 0 Å². The summed E-state index contributed by atoms with van der Waals surface area (Å²) in [6.07, 6.45) is 3.27. The lowest BCUT2D eigenvalue weighted by Crippen LogP contribution is -2.23. The maximum absolute atomic E-state index is 6.31. The second kappa shape index (κ2) is 6.20. The smallest absolute Gasteiger partial charge is 0.141 e. The molecule has 1 aliphatic heterocycles. The Morgan fingerprint density at radius 2 is 2.19 bits per heavy atom. The van der Waals surface area contributed by atoms with Crippen LogP contribution in [0.3, 0.4) is 0 Å². The summed E-state index contributed by atoms with van der Waals surface area (Å²) in [5, 5.41) is 5.01. The summed E-state index contributed by atoms with van der Waals surface area (Å²) >= 11 is 6.31. The quantitative estimate of drug-likeness (QED) is 0.830. The summed E-state index contributed by atoms with van der Waals surface area (Å²) in [5.74, 6) is 1.03. The molecule has 2 aromatic rings. The Morgan fingerprint density at radius 3 is 2.95 bits per heavy atom. The molecule has 0 saturated carbocycles. The predicted octanol–water partition coefficient (Wildman–Crippen LogP) is 4.54. The van der Waals surface area contributed by atoms with E-state index in [9.17, 15) is 0 Å². The highest BCUT2D eigenvalue weighted by atomic mass is 35.5. The van der Waals surface area contributed by atoms with Crippen LogP contribution in [-0.2, 0) is 13.0 Å². The van der Waals surface area contributed by atoms with E-state index >= 15 is 0 Å². The molecule has 1 aromatic carbocycles. The third-order valence-corrected chi connectivity index (χ3v) is 4.70. The molecular formula is C17H21ClN2O. The highest BCUT2D eigenvalue weighted by molar-refractivity contribution is 6.31. The fourth-order valence-corrected chi connectivity index (χ4v) is 3.49. The highest BCUT2D eigenvalue weighted by Gasteiger charge is 2.31. The minimum Gasteiger partial charge on any atom is -0.361 e. The van der Waals surface area contributed by atoms with Gasteiger partial charge in [-0.25, -0.2) is 0 Å². The second-order valence-corrected chi connectivity index (χ2v) is 6.09. The molecule has 2 heterocycles. The summed E-state index contributed by atoms with van der Waals surface area (Å²) < 4.78 is 5.48. The summed E-state index contributed by atoms with van der Waals surface area (Å²) in [5.41, 5.74) is 3.52. The molecule has 21 heavy (non-hydrogen) atoms. The largest absolute Gasteiger partial charge is 0.361 e. The molecule has 0 bridgehead atoms. The van der Waals surface area contributed by atoms with Gasteiger partial charge in [-0.05, 0) is 37.9 Å².